The van der Waals surface area contributed by atoms with Crippen molar-refractivity contribution in [3.05, 3.63) is 53.3 Å². The highest BCUT2D eigenvalue weighted by Gasteiger charge is 2.34. The van der Waals surface area contributed by atoms with Crippen molar-refractivity contribution in [3.8, 4) is 10.7 Å². The van der Waals surface area contributed by atoms with Gasteiger partial charge in [-0.05, 0) is 26.0 Å². The molecule has 0 unspecified atom stereocenters. The Balaban J connectivity index is 1.64. The van der Waals surface area contributed by atoms with Gasteiger partial charge in [-0.2, -0.15) is 13.2 Å². The molecule has 0 aromatic carbocycles. The molecule has 0 aliphatic rings. The molecule has 4 aromatic rings. The molecule has 4 heterocycles. The van der Waals surface area contributed by atoms with E-state index in [4.69, 9.17) is 0 Å². The second-order valence-electron chi connectivity index (χ2n) is 6.27. The molecule has 4 aromatic heterocycles. The topological polar surface area (TPSA) is 89.4 Å². The van der Waals surface area contributed by atoms with Gasteiger partial charge in [0.1, 0.15) is 16.9 Å². The summed E-state index contributed by atoms with van der Waals surface area (Å²) in [5, 5.41) is 3.93. The first-order chi connectivity index (χ1) is 13.8. The summed E-state index contributed by atoms with van der Waals surface area (Å²) in [5.41, 5.74) is 2.35. The minimum absolute atomic E-state index is 0.400. The number of rotatable bonds is 4. The number of fused-ring (bicyclic) bond motifs is 1. The molecule has 0 saturated heterocycles. The number of anilines is 1. The van der Waals surface area contributed by atoms with Gasteiger partial charge in [0.05, 0.1) is 17.3 Å². The molecule has 4 rings (SSSR count). The van der Waals surface area contributed by atoms with Crippen LogP contribution in [-0.2, 0) is 6.18 Å². The number of nitrogens with one attached hydrogen (secondary N) is 1. The van der Waals surface area contributed by atoms with Crippen LogP contribution in [0.25, 0.3) is 21.7 Å². The molecule has 11 heteroatoms. The number of halogens is 3. The molecule has 0 amide bonds. The van der Waals surface area contributed by atoms with E-state index in [0.29, 0.717) is 28.1 Å². The molecule has 1 N–H and O–H groups in total. The lowest BCUT2D eigenvalue weighted by Gasteiger charge is -2.16. The minimum Gasteiger partial charge on any atom is -0.362 e. The van der Waals surface area contributed by atoms with Crippen LogP contribution >= 0.6 is 11.3 Å². The van der Waals surface area contributed by atoms with Gasteiger partial charge in [0.25, 0.3) is 0 Å². The predicted octanol–water partition coefficient (Wildman–Crippen LogP) is 4.44. The van der Waals surface area contributed by atoms with E-state index in [2.05, 4.69) is 35.2 Å². The van der Waals surface area contributed by atoms with Crippen molar-refractivity contribution in [3.63, 3.8) is 0 Å². The van der Waals surface area contributed by atoms with Gasteiger partial charge >= 0.3 is 6.18 Å². The van der Waals surface area contributed by atoms with Crippen LogP contribution in [0.1, 0.15) is 29.2 Å². The van der Waals surface area contributed by atoms with Gasteiger partial charge in [0.2, 0.25) is 5.82 Å². The largest absolute Gasteiger partial charge is 0.451 e. The average molecular weight is 417 g/mol. The fraction of sp³-hybridized carbons (Fsp3) is 0.222. The van der Waals surface area contributed by atoms with Gasteiger partial charge in [-0.15, -0.1) is 11.3 Å². The zero-order valence-corrected chi connectivity index (χ0v) is 16.1. The van der Waals surface area contributed by atoms with Gasteiger partial charge < -0.3 is 5.32 Å². The second-order valence-corrected chi connectivity index (χ2v) is 7.50. The fourth-order valence-corrected chi connectivity index (χ4v) is 3.37. The van der Waals surface area contributed by atoms with Gasteiger partial charge in [-0.1, -0.05) is 0 Å². The molecule has 7 nitrogen and oxygen atoms in total. The Labute approximate surface area is 167 Å². The van der Waals surface area contributed by atoms with Crippen molar-refractivity contribution in [2.45, 2.75) is 26.1 Å². The third-order valence-electron chi connectivity index (χ3n) is 4.10. The van der Waals surface area contributed by atoms with Crippen LogP contribution in [0.15, 0.2) is 37.1 Å². The van der Waals surface area contributed by atoms with Crippen molar-refractivity contribution in [1.29, 1.82) is 0 Å². The average Bonchev–Trinajstić information content (AvgIpc) is 3.14. The van der Waals surface area contributed by atoms with E-state index < -0.39 is 18.0 Å². The molecule has 0 aliphatic carbocycles. The summed E-state index contributed by atoms with van der Waals surface area (Å²) in [5.74, 6) is -0.719. The Hall–Kier alpha value is -3.21. The second kappa shape index (κ2) is 7.32. The monoisotopic (exact) mass is 417 g/mol. The number of hydrogen-bond acceptors (Lipinski definition) is 8. The minimum atomic E-state index is -4.58. The van der Waals surface area contributed by atoms with Crippen LogP contribution in [-0.4, -0.2) is 29.9 Å². The highest BCUT2D eigenvalue weighted by molar-refractivity contribution is 7.14. The van der Waals surface area contributed by atoms with E-state index in [0.717, 1.165) is 22.3 Å². The van der Waals surface area contributed by atoms with Crippen molar-refractivity contribution >= 4 is 28.2 Å². The molecule has 0 fully saturated rings. The van der Waals surface area contributed by atoms with E-state index >= 15 is 0 Å². The molecular formula is C18H14F3N7S. The Morgan fingerprint density at radius 3 is 2.41 bits per heavy atom. The summed E-state index contributed by atoms with van der Waals surface area (Å²) in [6, 6.07) is 3.26. The van der Waals surface area contributed by atoms with Crippen LogP contribution in [0.5, 0.6) is 0 Å². The van der Waals surface area contributed by atoms with Crippen molar-refractivity contribution in [2.75, 3.05) is 5.32 Å². The number of alkyl halides is 3. The number of aryl methyl sites for hydroxylation is 1. The van der Waals surface area contributed by atoms with E-state index in [1.807, 2.05) is 19.1 Å². The number of thiazole rings is 1. The molecule has 0 radical (unpaired) electrons. The lowest BCUT2D eigenvalue weighted by Crippen LogP contribution is -2.14. The van der Waals surface area contributed by atoms with Crippen LogP contribution in [0.2, 0.25) is 0 Å². The Bertz CT molecular complexity index is 1160. The van der Waals surface area contributed by atoms with Crippen LogP contribution in [0.4, 0.5) is 19.0 Å². The standard InChI is InChI=1S/C18H14F3N7S/c1-9-5-22-16(29-9)13-4-3-12-14(28-13)15(26-8-25-12)27-10(2)11-6-23-17(24-7-11)18(19,20)21/h3-8,10H,1-2H3,(H,25,26,27)/t10-/m1/s1. The van der Waals surface area contributed by atoms with Gasteiger partial charge in [-0.25, -0.2) is 29.9 Å². The predicted molar refractivity (Wildman–Crippen MR) is 102 cm³/mol. The van der Waals surface area contributed by atoms with Gasteiger partial charge in [0, 0.05) is 29.0 Å². The van der Waals surface area contributed by atoms with Gasteiger partial charge in [-0.3, -0.25) is 0 Å². The summed E-state index contributed by atoms with van der Waals surface area (Å²) < 4.78 is 38.0. The zero-order valence-electron chi connectivity index (χ0n) is 15.3. The maximum absolute atomic E-state index is 12.7. The summed E-state index contributed by atoms with van der Waals surface area (Å²) in [4.78, 5) is 25.3. The molecule has 148 valence electrons. The summed E-state index contributed by atoms with van der Waals surface area (Å²) in [6.07, 6.45) is 0.892. The van der Waals surface area contributed by atoms with E-state index in [1.54, 1.807) is 13.1 Å². The third-order valence-corrected chi connectivity index (χ3v) is 5.04. The summed E-state index contributed by atoms with van der Waals surface area (Å²) >= 11 is 1.53. The Morgan fingerprint density at radius 2 is 1.76 bits per heavy atom. The van der Waals surface area contributed by atoms with E-state index in [1.165, 1.54) is 17.7 Å². The molecule has 29 heavy (non-hydrogen) atoms. The van der Waals surface area contributed by atoms with Crippen molar-refractivity contribution in [2.24, 2.45) is 0 Å². The number of aromatic nitrogens is 6. The van der Waals surface area contributed by atoms with E-state index in [9.17, 15) is 13.2 Å². The first-order valence-electron chi connectivity index (χ1n) is 8.51. The summed E-state index contributed by atoms with van der Waals surface area (Å²) in [6.45, 7) is 3.74. The highest BCUT2D eigenvalue weighted by Crippen LogP contribution is 2.29. The Morgan fingerprint density at radius 1 is 1.00 bits per heavy atom. The SMILES string of the molecule is Cc1cnc(-c2ccc3ncnc(N[C@H](C)c4cnc(C(F)(F)F)nc4)c3n2)s1. The van der Waals surface area contributed by atoms with Crippen LogP contribution in [0, 0.1) is 6.92 Å². The maximum atomic E-state index is 12.7. The number of nitrogens with zero attached hydrogens (tertiary/aromatic N) is 6. The van der Waals surface area contributed by atoms with Gasteiger partial charge in [0.15, 0.2) is 5.82 Å². The molecular weight excluding hydrogens is 403 g/mol. The number of pyridine rings is 1. The van der Waals surface area contributed by atoms with Crippen LogP contribution < -0.4 is 5.32 Å². The lowest BCUT2D eigenvalue weighted by molar-refractivity contribution is -0.145. The molecule has 1 atom stereocenters. The fourth-order valence-electron chi connectivity index (χ4n) is 2.63. The Kier molecular flexibility index (Phi) is 4.82. The molecule has 0 spiro atoms. The molecule has 0 bridgehead atoms. The quantitative estimate of drug-likeness (QED) is 0.525. The van der Waals surface area contributed by atoms with Crippen molar-refractivity contribution < 1.29 is 13.2 Å². The first-order valence-corrected chi connectivity index (χ1v) is 9.33. The number of hydrogen-bond donors (Lipinski definition) is 1. The first kappa shape index (κ1) is 19.1. The smallest absolute Gasteiger partial charge is 0.362 e. The third kappa shape index (κ3) is 3.99. The molecule has 0 aliphatic heterocycles. The van der Waals surface area contributed by atoms with Crippen LogP contribution in [0.3, 0.4) is 0 Å². The van der Waals surface area contributed by atoms with E-state index in [-0.39, 0.29) is 0 Å². The maximum Gasteiger partial charge on any atom is 0.451 e. The molecule has 0 saturated carbocycles. The van der Waals surface area contributed by atoms with Crippen molar-refractivity contribution in [1.82, 2.24) is 29.9 Å². The normalized spacial score (nSPS) is 12.9. The highest BCUT2D eigenvalue weighted by atomic mass is 32.1. The zero-order chi connectivity index (χ0) is 20.6. The summed E-state index contributed by atoms with van der Waals surface area (Å²) in [7, 11) is 0. The lowest BCUT2D eigenvalue weighted by atomic mass is 10.2.